The fourth-order valence-corrected chi connectivity index (χ4v) is 2.97. The Kier molecular flexibility index (Phi) is 9.20. The zero-order valence-electron chi connectivity index (χ0n) is 17.5. The van der Waals surface area contributed by atoms with Gasteiger partial charge in [0, 0.05) is 18.5 Å². The van der Waals surface area contributed by atoms with Crippen LogP contribution in [0.25, 0.3) is 0 Å². The number of carbonyl (C=O) groups excluding carboxylic acids is 3. The van der Waals surface area contributed by atoms with E-state index in [1.807, 2.05) is 32.0 Å². The molecule has 0 aliphatic carbocycles. The first-order valence-corrected chi connectivity index (χ1v) is 10.3. The third-order valence-electron chi connectivity index (χ3n) is 4.18. The molecule has 0 bridgehead atoms. The van der Waals surface area contributed by atoms with Crippen molar-refractivity contribution in [2.75, 3.05) is 19.0 Å². The zero-order chi connectivity index (χ0) is 22.8. The second-order valence-electron chi connectivity index (χ2n) is 6.71. The molecular formula is C22H24BrN3O5. The molecule has 31 heavy (non-hydrogen) atoms. The highest BCUT2D eigenvalue weighted by Gasteiger charge is 2.09. The van der Waals surface area contributed by atoms with Crippen LogP contribution in [0.15, 0.2) is 46.0 Å². The Morgan fingerprint density at radius 3 is 2.52 bits per heavy atom. The van der Waals surface area contributed by atoms with Crippen LogP contribution in [-0.2, 0) is 19.1 Å². The van der Waals surface area contributed by atoms with E-state index in [4.69, 9.17) is 4.74 Å². The smallest absolute Gasteiger partial charge is 0.343 e. The summed E-state index contributed by atoms with van der Waals surface area (Å²) >= 11 is 3.35. The van der Waals surface area contributed by atoms with Crippen LogP contribution in [0.4, 0.5) is 5.69 Å². The van der Waals surface area contributed by atoms with Gasteiger partial charge in [0.1, 0.15) is 5.75 Å². The van der Waals surface area contributed by atoms with Gasteiger partial charge in [-0.2, -0.15) is 5.10 Å². The molecule has 2 amide bonds. The van der Waals surface area contributed by atoms with Crippen LogP contribution >= 0.6 is 15.9 Å². The van der Waals surface area contributed by atoms with Gasteiger partial charge < -0.3 is 14.8 Å². The van der Waals surface area contributed by atoms with Gasteiger partial charge in [-0.25, -0.2) is 10.2 Å². The molecule has 164 valence electrons. The highest BCUT2D eigenvalue weighted by molar-refractivity contribution is 9.10. The lowest BCUT2D eigenvalue weighted by Crippen LogP contribution is -2.21. The number of hydrogen-bond acceptors (Lipinski definition) is 6. The van der Waals surface area contributed by atoms with Gasteiger partial charge in [-0.1, -0.05) is 12.1 Å². The lowest BCUT2D eigenvalue weighted by molar-refractivity contribution is -0.142. The van der Waals surface area contributed by atoms with Crippen LogP contribution in [0, 0.1) is 13.8 Å². The summed E-state index contributed by atoms with van der Waals surface area (Å²) in [5.74, 6) is -0.617. The number of nitrogens with one attached hydrogen (secondary N) is 2. The summed E-state index contributed by atoms with van der Waals surface area (Å²) in [5.41, 5.74) is 5.84. The minimum Gasteiger partial charge on any atom is -0.481 e. The molecule has 2 N–H and O–H groups in total. The molecule has 9 heteroatoms. The van der Waals surface area contributed by atoms with Crippen molar-refractivity contribution in [1.29, 1.82) is 0 Å². The number of benzene rings is 2. The fraction of sp³-hybridized carbons (Fsp3) is 0.273. The molecule has 0 unspecified atom stereocenters. The maximum absolute atomic E-state index is 12.1. The molecule has 0 radical (unpaired) electrons. The third-order valence-corrected chi connectivity index (χ3v) is 4.80. The molecule has 2 rings (SSSR count). The van der Waals surface area contributed by atoms with E-state index < -0.39 is 5.97 Å². The largest absolute Gasteiger partial charge is 0.481 e. The van der Waals surface area contributed by atoms with E-state index in [1.165, 1.54) is 13.3 Å². The van der Waals surface area contributed by atoms with Crippen LogP contribution < -0.4 is 15.5 Å². The minimum atomic E-state index is -0.483. The van der Waals surface area contributed by atoms with Crippen LogP contribution in [-0.4, -0.2) is 37.7 Å². The Bertz CT molecular complexity index is 991. The van der Waals surface area contributed by atoms with E-state index >= 15 is 0 Å². The van der Waals surface area contributed by atoms with Gasteiger partial charge in [0.25, 0.3) is 0 Å². The molecule has 0 fully saturated rings. The van der Waals surface area contributed by atoms with Crippen molar-refractivity contribution >= 4 is 45.6 Å². The molecule has 0 aromatic heterocycles. The number of nitrogens with zero attached hydrogens (tertiary/aromatic N) is 1. The Morgan fingerprint density at radius 1 is 1.06 bits per heavy atom. The number of carbonyl (C=O) groups is 3. The monoisotopic (exact) mass is 489 g/mol. The Morgan fingerprint density at radius 2 is 1.81 bits per heavy atom. The number of amides is 2. The van der Waals surface area contributed by atoms with E-state index in [1.54, 1.807) is 18.2 Å². The second kappa shape index (κ2) is 11.8. The van der Waals surface area contributed by atoms with Gasteiger partial charge in [0.15, 0.2) is 6.61 Å². The predicted octanol–water partition coefficient (Wildman–Crippen LogP) is 3.49. The first-order valence-electron chi connectivity index (χ1n) is 9.46. The lowest BCUT2D eigenvalue weighted by Gasteiger charge is -2.09. The number of aryl methyl sites for hydroxylation is 2. The highest BCUT2D eigenvalue weighted by atomic mass is 79.9. The van der Waals surface area contributed by atoms with Crippen molar-refractivity contribution in [3.05, 3.63) is 57.6 Å². The van der Waals surface area contributed by atoms with Gasteiger partial charge in [0.2, 0.25) is 11.8 Å². The Balaban J connectivity index is 1.78. The standard InChI is InChI=1S/C22H24BrN3O5/c1-14-4-5-15(2)18(10-14)25-20(27)8-9-21(28)26-24-12-16-6-7-19(17(23)11-16)31-13-22(29)30-3/h4-7,10-12H,8-9,13H2,1-3H3,(H,25,27)(H,26,28). The number of hydrogen-bond donors (Lipinski definition) is 2. The van der Waals surface area contributed by atoms with Gasteiger partial charge in [-0.3, -0.25) is 9.59 Å². The molecule has 0 saturated heterocycles. The maximum atomic E-state index is 12.1. The first-order chi connectivity index (χ1) is 14.8. The molecule has 0 saturated carbocycles. The first kappa shape index (κ1) is 24.1. The predicted molar refractivity (Wildman–Crippen MR) is 121 cm³/mol. The van der Waals surface area contributed by atoms with E-state index in [0.717, 1.165) is 16.8 Å². The van der Waals surface area contributed by atoms with Crippen LogP contribution in [0.2, 0.25) is 0 Å². The summed E-state index contributed by atoms with van der Waals surface area (Å²) in [6.07, 6.45) is 1.52. The van der Waals surface area contributed by atoms with Gasteiger partial charge in [0.05, 0.1) is 17.8 Å². The summed E-state index contributed by atoms with van der Waals surface area (Å²) in [6, 6.07) is 10.9. The van der Waals surface area contributed by atoms with E-state index in [2.05, 4.69) is 36.5 Å². The molecule has 2 aromatic rings. The van der Waals surface area contributed by atoms with Crippen LogP contribution in [0.3, 0.4) is 0 Å². The van der Waals surface area contributed by atoms with Crippen molar-refractivity contribution in [2.24, 2.45) is 5.10 Å². The molecular weight excluding hydrogens is 466 g/mol. The molecule has 0 heterocycles. The summed E-state index contributed by atoms with van der Waals surface area (Å²) in [5, 5.41) is 6.71. The van der Waals surface area contributed by atoms with Crippen molar-refractivity contribution in [1.82, 2.24) is 5.43 Å². The number of ether oxygens (including phenoxy) is 2. The van der Waals surface area contributed by atoms with E-state index in [-0.39, 0.29) is 31.3 Å². The van der Waals surface area contributed by atoms with Crippen molar-refractivity contribution in [2.45, 2.75) is 26.7 Å². The Hall–Kier alpha value is -3.20. The van der Waals surface area contributed by atoms with Crippen LogP contribution in [0.5, 0.6) is 5.75 Å². The van der Waals surface area contributed by atoms with Crippen LogP contribution in [0.1, 0.15) is 29.5 Å². The lowest BCUT2D eigenvalue weighted by atomic mass is 10.1. The van der Waals surface area contributed by atoms with E-state index in [9.17, 15) is 14.4 Å². The quantitative estimate of drug-likeness (QED) is 0.318. The average molecular weight is 490 g/mol. The molecule has 0 atom stereocenters. The number of esters is 1. The number of methoxy groups -OCH3 is 1. The topological polar surface area (TPSA) is 106 Å². The molecule has 2 aromatic carbocycles. The molecule has 0 aliphatic rings. The van der Waals surface area contributed by atoms with Crippen molar-refractivity contribution in [3.8, 4) is 5.75 Å². The zero-order valence-corrected chi connectivity index (χ0v) is 19.1. The average Bonchev–Trinajstić information content (AvgIpc) is 2.74. The highest BCUT2D eigenvalue weighted by Crippen LogP contribution is 2.25. The molecule has 0 spiro atoms. The van der Waals surface area contributed by atoms with Crippen molar-refractivity contribution in [3.63, 3.8) is 0 Å². The number of halogens is 1. The Labute approximate surface area is 189 Å². The molecule has 8 nitrogen and oxygen atoms in total. The summed E-state index contributed by atoms with van der Waals surface area (Å²) in [4.78, 5) is 35.2. The minimum absolute atomic E-state index is 0.0119. The normalized spacial score (nSPS) is 10.6. The van der Waals surface area contributed by atoms with Crippen molar-refractivity contribution < 1.29 is 23.9 Å². The fourth-order valence-electron chi connectivity index (χ4n) is 2.46. The van der Waals surface area contributed by atoms with E-state index in [0.29, 0.717) is 15.8 Å². The summed E-state index contributed by atoms with van der Waals surface area (Å²) in [6.45, 7) is 3.66. The number of anilines is 1. The summed E-state index contributed by atoms with van der Waals surface area (Å²) < 4.78 is 10.5. The SMILES string of the molecule is COC(=O)COc1ccc(C=NNC(=O)CCC(=O)Nc2cc(C)ccc2C)cc1Br. The van der Waals surface area contributed by atoms with Gasteiger partial charge >= 0.3 is 5.97 Å². The van der Waals surface area contributed by atoms with Gasteiger partial charge in [-0.15, -0.1) is 0 Å². The third kappa shape index (κ3) is 8.21. The summed E-state index contributed by atoms with van der Waals surface area (Å²) in [7, 11) is 1.28. The number of hydrazone groups is 1. The molecule has 0 aliphatic heterocycles. The second-order valence-corrected chi connectivity index (χ2v) is 7.57. The number of rotatable bonds is 9. The maximum Gasteiger partial charge on any atom is 0.343 e. The van der Waals surface area contributed by atoms with Gasteiger partial charge in [-0.05, 0) is 70.7 Å².